The van der Waals surface area contributed by atoms with E-state index in [1.165, 1.54) is 0 Å². The van der Waals surface area contributed by atoms with E-state index in [0.717, 1.165) is 80.6 Å². The first-order chi connectivity index (χ1) is 22.4. The van der Waals surface area contributed by atoms with Crippen molar-refractivity contribution in [2.45, 2.75) is 71.1 Å². The van der Waals surface area contributed by atoms with Crippen LogP contribution in [0.5, 0.6) is 5.75 Å². The fourth-order valence-electron chi connectivity index (χ4n) is 7.16. The van der Waals surface area contributed by atoms with Crippen molar-refractivity contribution in [1.29, 1.82) is 5.26 Å². The fourth-order valence-corrected chi connectivity index (χ4v) is 7.39. The molecule has 0 aliphatic carbocycles. The molecule has 2 aromatic carbocycles. The SMILES string of the molecule is CC(C)(C)OC(=O)N1CCC(N2CC3CN(c4nccc(COc5ccc(C(C)(C)c6cc(Cl)cc(C#N)c6)cc5)n4)CC3C2)CC1. The van der Waals surface area contributed by atoms with Gasteiger partial charge in [-0.15, -0.1) is 0 Å². The first kappa shape index (κ1) is 33.0. The van der Waals surface area contributed by atoms with Crippen molar-refractivity contribution in [3.8, 4) is 11.8 Å². The van der Waals surface area contributed by atoms with Crippen LogP contribution in [0.3, 0.4) is 0 Å². The number of ether oxygens (including phenoxy) is 2. The summed E-state index contributed by atoms with van der Waals surface area (Å²) in [5.41, 5.74) is 2.70. The Labute approximate surface area is 283 Å². The Kier molecular flexibility index (Phi) is 9.37. The van der Waals surface area contributed by atoms with Crippen LogP contribution in [0.15, 0.2) is 54.7 Å². The third kappa shape index (κ3) is 7.66. The zero-order chi connectivity index (χ0) is 33.3. The average Bonchev–Trinajstić information content (AvgIpc) is 3.63. The number of hydrogen-bond acceptors (Lipinski definition) is 8. The van der Waals surface area contributed by atoms with Gasteiger partial charge < -0.3 is 19.3 Å². The van der Waals surface area contributed by atoms with Crippen molar-refractivity contribution in [3.05, 3.63) is 82.1 Å². The molecule has 2 unspecified atom stereocenters. The van der Waals surface area contributed by atoms with Gasteiger partial charge in [-0.25, -0.2) is 14.8 Å². The predicted molar refractivity (Wildman–Crippen MR) is 183 cm³/mol. The molecule has 0 N–H and O–H groups in total. The summed E-state index contributed by atoms with van der Waals surface area (Å²) in [5, 5.41) is 9.93. The minimum atomic E-state index is -0.461. The number of benzene rings is 2. The van der Waals surface area contributed by atoms with Gasteiger partial charge >= 0.3 is 6.09 Å². The van der Waals surface area contributed by atoms with E-state index in [0.29, 0.717) is 35.1 Å². The van der Waals surface area contributed by atoms with Gasteiger partial charge in [0.15, 0.2) is 0 Å². The number of anilines is 1. The standard InChI is InChI=1S/C37H45ClN6O3/c1-36(2,3)47-35(45)42-14-11-32(12-15-42)43-20-26-22-44(23-27(26)21-43)34-40-13-10-31(41-34)24-46-33-8-6-28(7-9-33)37(4,5)29-16-25(19-39)17-30(38)18-29/h6-10,13,16-18,26-27,32H,11-12,14-15,20-24H2,1-5H3. The van der Waals surface area contributed by atoms with Crippen LogP contribution in [-0.2, 0) is 16.8 Å². The molecular formula is C37H45ClN6O3. The van der Waals surface area contributed by atoms with E-state index in [1.54, 1.807) is 6.07 Å². The van der Waals surface area contributed by atoms with Gasteiger partial charge in [0.25, 0.3) is 0 Å². The number of halogens is 1. The largest absolute Gasteiger partial charge is 0.487 e. The molecule has 0 bridgehead atoms. The monoisotopic (exact) mass is 656 g/mol. The highest BCUT2D eigenvalue weighted by Gasteiger charge is 2.43. The van der Waals surface area contributed by atoms with Crippen molar-refractivity contribution in [3.63, 3.8) is 0 Å². The molecule has 248 valence electrons. The predicted octanol–water partition coefficient (Wildman–Crippen LogP) is 6.67. The lowest BCUT2D eigenvalue weighted by molar-refractivity contribution is 0.0152. The lowest BCUT2D eigenvalue weighted by Crippen LogP contribution is -2.48. The van der Waals surface area contributed by atoms with Crippen LogP contribution in [0.4, 0.5) is 10.7 Å². The second-order valence-electron chi connectivity index (χ2n) is 14.7. The van der Waals surface area contributed by atoms with Gasteiger partial charge in [0.05, 0.1) is 17.3 Å². The Morgan fingerprint density at radius 1 is 0.957 bits per heavy atom. The highest BCUT2D eigenvalue weighted by atomic mass is 35.5. The number of nitriles is 1. The number of fused-ring (bicyclic) bond motifs is 1. The minimum absolute atomic E-state index is 0.193. The zero-order valence-electron chi connectivity index (χ0n) is 28.1. The molecule has 3 fully saturated rings. The van der Waals surface area contributed by atoms with Gasteiger partial charge in [0.1, 0.15) is 18.0 Å². The molecule has 9 nitrogen and oxygen atoms in total. The molecule has 3 aliphatic rings. The number of carbonyl (C=O) groups is 1. The molecule has 3 aliphatic heterocycles. The summed E-state index contributed by atoms with van der Waals surface area (Å²) in [6.07, 6.45) is 3.63. The molecular weight excluding hydrogens is 612 g/mol. The molecule has 2 atom stereocenters. The lowest BCUT2D eigenvalue weighted by Gasteiger charge is -2.37. The van der Waals surface area contributed by atoms with Crippen LogP contribution >= 0.6 is 11.6 Å². The molecule has 4 heterocycles. The topological polar surface area (TPSA) is 94.8 Å². The van der Waals surface area contributed by atoms with Gasteiger partial charge in [-0.3, -0.25) is 4.90 Å². The maximum Gasteiger partial charge on any atom is 0.410 e. The number of carbonyl (C=O) groups excluding carboxylic acids is 1. The number of hydrogen-bond donors (Lipinski definition) is 0. The van der Waals surface area contributed by atoms with Crippen LogP contribution in [0.2, 0.25) is 5.02 Å². The van der Waals surface area contributed by atoms with Gasteiger partial charge in [-0.2, -0.15) is 5.26 Å². The quantitative estimate of drug-likeness (QED) is 0.278. The first-order valence-corrected chi connectivity index (χ1v) is 17.0. The number of piperidine rings is 1. The maximum atomic E-state index is 12.5. The van der Waals surface area contributed by atoms with E-state index in [9.17, 15) is 10.1 Å². The normalized spacial score (nSPS) is 20.6. The van der Waals surface area contributed by atoms with Gasteiger partial charge in [0.2, 0.25) is 5.95 Å². The number of likely N-dealkylation sites (tertiary alicyclic amines) is 2. The molecule has 47 heavy (non-hydrogen) atoms. The van der Waals surface area contributed by atoms with E-state index in [-0.39, 0.29) is 11.5 Å². The van der Waals surface area contributed by atoms with Crippen molar-refractivity contribution in [2.75, 3.05) is 44.2 Å². The smallest absolute Gasteiger partial charge is 0.410 e. The molecule has 1 amide bonds. The van der Waals surface area contributed by atoms with E-state index < -0.39 is 5.60 Å². The molecule has 6 rings (SSSR count). The summed E-state index contributed by atoms with van der Waals surface area (Å²) in [6.45, 7) is 16.0. The molecule has 10 heteroatoms. The second kappa shape index (κ2) is 13.3. The minimum Gasteiger partial charge on any atom is -0.487 e. The lowest BCUT2D eigenvalue weighted by atomic mass is 9.78. The number of aromatic nitrogens is 2. The Morgan fingerprint density at radius 2 is 1.64 bits per heavy atom. The van der Waals surface area contributed by atoms with E-state index in [2.05, 4.69) is 46.8 Å². The van der Waals surface area contributed by atoms with Crippen molar-refractivity contribution in [2.24, 2.45) is 11.8 Å². The fraction of sp³-hybridized carbons (Fsp3) is 0.514. The molecule has 3 aromatic rings. The van der Waals surface area contributed by atoms with E-state index >= 15 is 0 Å². The van der Waals surface area contributed by atoms with Crippen LogP contribution in [-0.4, -0.2) is 76.8 Å². The third-order valence-electron chi connectivity index (χ3n) is 9.84. The number of nitrogens with zero attached hydrogens (tertiary/aromatic N) is 6. The summed E-state index contributed by atoms with van der Waals surface area (Å²) < 4.78 is 11.7. The molecule has 0 spiro atoms. The Morgan fingerprint density at radius 3 is 2.28 bits per heavy atom. The van der Waals surface area contributed by atoms with Crippen LogP contribution in [0.1, 0.15) is 69.8 Å². The molecule has 3 saturated heterocycles. The Hall–Kier alpha value is -3.87. The van der Waals surface area contributed by atoms with Crippen molar-refractivity contribution < 1.29 is 14.3 Å². The van der Waals surface area contributed by atoms with Crippen molar-refractivity contribution >= 4 is 23.6 Å². The highest BCUT2D eigenvalue weighted by Crippen LogP contribution is 2.36. The second-order valence-corrected chi connectivity index (χ2v) is 15.1. The number of rotatable bonds is 7. The summed E-state index contributed by atoms with van der Waals surface area (Å²) in [6, 6.07) is 18.2. The maximum absolute atomic E-state index is 12.5. The first-order valence-electron chi connectivity index (χ1n) is 16.6. The molecule has 1 aromatic heterocycles. The number of amides is 1. The van der Waals surface area contributed by atoms with Crippen molar-refractivity contribution in [1.82, 2.24) is 19.8 Å². The zero-order valence-corrected chi connectivity index (χ0v) is 28.8. The van der Waals surface area contributed by atoms with Crippen LogP contribution in [0, 0.1) is 23.2 Å². The van der Waals surface area contributed by atoms with Crippen LogP contribution in [0.25, 0.3) is 0 Å². The van der Waals surface area contributed by atoms with Crippen LogP contribution < -0.4 is 9.64 Å². The third-order valence-corrected chi connectivity index (χ3v) is 10.1. The summed E-state index contributed by atoms with van der Waals surface area (Å²) in [5.74, 6) is 2.74. The molecule has 0 saturated carbocycles. The van der Waals surface area contributed by atoms with E-state index in [1.807, 2.05) is 62.2 Å². The summed E-state index contributed by atoms with van der Waals surface area (Å²) >= 11 is 6.29. The van der Waals surface area contributed by atoms with Gasteiger partial charge in [-0.1, -0.05) is 37.6 Å². The molecule has 0 radical (unpaired) electrons. The highest BCUT2D eigenvalue weighted by molar-refractivity contribution is 6.30. The van der Waals surface area contributed by atoms with Gasteiger partial charge in [0, 0.05) is 61.9 Å². The Balaban J connectivity index is 0.993. The summed E-state index contributed by atoms with van der Waals surface area (Å²) in [7, 11) is 0. The summed E-state index contributed by atoms with van der Waals surface area (Å²) in [4.78, 5) is 28.8. The van der Waals surface area contributed by atoms with E-state index in [4.69, 9.17) is 26.1 Å². The Bertz CT molecular complexity index is 1610. The van der Waals surface area contributed by atoms with Gasteiger partial charge in [-0.05, 0) is 93.0 Å². The average molecular weight is 657 g/mol.